The lowest BCUT2D eigenvalue weighted by Crippen LogP contribution is -2.34. The summed E-state index contributed by atoms with van der Waals surface area (Å²) in [5.41, 5.74) is 1.33. The number of anilines is 2. The molecule has 0 heterocycles. The first-order chi connectivity index (χ1) is 15.9. The Balaban J connectivity index is 1.61. The van der Waals surface area contributed by atoms with E-state index in [0.717, 1.165) is 37.3 Å². The van der Waals surface area contributed by atoms with Crippen molar-refractivity contribution in [2.45, 2.75) is 51.1 Å². The Morgan fingerprint density at radius 3 is 2.39 bits per heavy atom. The second-order valence-electron chi connectivity index (χ2n) is 8.75. The molecular weight excluding hydrogens is 426 g/mol. The van der Waals surface area contributed by atoms with Crippen LogP contribution in [0.3, 0.4) is 0 Å². The fraction of sp³-hybridized carbons (Fsp3) is 0.385. The van der Waals surface area contributed by atoms with Crippen molar-refractivity contribution in [2.75, 3.05) is 12.4 Å². The number of halogens is 2. The van der Waals surface area contributed by atoms with Crippen molar-refractivity contribution in [1.29, 1.82) is 0 Å². The van der Waals surface area contributed by atoms with Gasteiger partial charge in [-0.25, -0.2) is 8.78 Å². The molecule has 174 valence electrons. The number of ether oxygens (including phenoxy) is 1. The first kappa shape index (κ1) is 23.1. The Labute approximate surface area is 191 Å². The van der Waals surface area contributed by atoms with Gasteiger partial charge in [0.1, 0.15) is 5.69 Å². The monoisotopic (exact) mass is 454 g/mol. The normalized spacial score (nSPS) is 16.5. The molecule has 3 aromatic rings. The van der Waals surface area contributed by atoms with Crippen molar-refractivity contribution < 1.29 is 13.5 Å². The molecule has 1 aliphatic carbocycles. The fourth-order valence-electron chi connectivity index (χ4n) is 4.75. The SMILES string of the molecule is COc1c(Nc2cccc(C(NC(C)c3ccc(F)c(F)c3)C3CCCCC3)c2)c(=O)c1=O. The molecule has 0 saturated heterocycles. The van der Waals surface area contributed by atoms with Gasteiger partial charge >= 0.3 is 0 Å². The van der Waals surface area contributed by atoms with Crippen LogP contribution in [-0.4, -0.2) is 7.11 Å². The van der Waals surface area contributed by atoms with Gasteiger partial charge in [-0.1, -0.05) is 37.5 Å². The Morgan fingerprint density at radius 1 is 0.939 bits per heavy atom. The van der Waals surface area contributed by atoms with E-state index < -0.39 is 22.5 Å². The molecule has 1 fully saturated rings. The highest BCUT2D eigenvalue weighted by Crippen LogP contribution is 2.37. The average molecular weight is 455 g/mol. The summed E-state index contributed by atoms with van der Waals surface area (Å²) in [4.78, 5) is 23.6. The second kappa shape index (κ2) is 9.83. The van der Waals surface area contributed by atoms with Crippen molar-refractivity contribution in [1.82, 2.24) is 5.32 Å². The maximum atomic E-state index is 13.8. The molecule has 4 rings (SSSR count). The summed E-state index contributed by atoms with van der Waals surface area (Å²) in [6, 6.07) is 11.5. The molecular formula is C26H28F2N2O3. The fourth-order valence-corrected chi connectivity index (χ4v) is 4.75. The number of hydrogen-bond donors (Lipinski definition) is 2. The number of rotatable bonds is 8. The molecule has 33 heavy (non-hydrogen) atoms. The van der Waals surface area contributed by atoms with Crippen LogP contribution in [0.5, 0.6) is 5.75 Å². The molecule has 2 atom stereocenters. The summed E-state index contributed by atoms with van der Waals surface area (Å²) < 4.78 is 32.2. The number of benzene rings is 2. The predicted molar refractivity (Wildman–Crippen MR) is 125 cm³/mol. The van der Waals surface area contributed by atoms with Gasteiger partial charge in [0.2, 0.25) is 0 Å². The lowest BCUT2D eigenvalue weighted by atomic mass is 9.80. The molecule has 5 nitrogen and oxygen atoms in total. The van der Waals surface area contributed by atoms with E-state index in [1.807, 2.05) is 31.2 Å². The van der Waals surface area contributed by atoms with E-state index in [2.05, 4.69) is 10.6 Å². The van der Waals surface area contributed by atoms with E-state index in [9.17, 15) is 18.4 Å². The van der Waals surface area contributed by atoms with Gasteiger partial charge in [-0.05, 0) is 61.1 Å². The van der Waals surface area contributed by atoms with Crippen LogP contribution in [0.15, 0.2) is 52.1 Å². The minimum Gasteiger partial charge on any atom is -0.491 e. The van der Waals surface area contributed by atoms with Gasteiger partial charge in [-0.3, -0.25) is 9.59 Å². The van der Waals surface area contributed by atoms with Crippen LogP contribution >= 0.6 is 0 Å². The van der Waals surface area contributed by atoms with Gasteiger partial charge in [0.25, 0.3) is 10.9 Å². The first-order valence-corrected chi connectivity index (χ1v) is 11.3. The highest BCUT2D eigenvalue weighted by molar-refractivity contribution is 5.70. The van der Waals surface area contributed by atoms with Crippen molar-refractivity contribution in [3.63, 3.8) is 0 Å². The Bertz CT molecular complexity index is 1200. The van der Waals surface area contributed by atoms with E-state index in [-0.39, 0.29) is 23.5 Å². The molecule has 1 aliphatic rings. The maximum Gasteiger partial charge on any atom is 0.272 e. The van der Waals surface area contributed by atoms with E-state index in [1.165, 1.54) is 19.6 Å². The number of methoxy groups -OCH3 is 1. The quantitative estimate of drug-likeness (QED) is 0.453. The average Bonchev–Trinajstić information content (AvgIpc) is 2.84. The minimum atomic E-state index is -0.859. The minimum absolute atomic E-state index is 0.00948. The van der Waals surface area contributed by atoms with Gasteiger partial charge < -0.3 is 15.4 Å². The molecule has 2 N–H and O–H groups in total. The molecule has 7 heteroatoms. The molecule has 0 aromatic heterocycles. The Hall–Kier alpha value is -3.06. The van der Waals surface area contributed by atoms with Gasteiger partial charge in [-0.2, -0.15) is 0 Å². The zero-order valence-corrected chi connectivity index (χ0v) is 18.8. The smallest absolute Gasteiger partial charge is 0.272 e. The highest BCUT2D eigenvalue weighted by Gasteiger charge is 2.28. The van der Waals surface area contributed by atoms with Crippen LogP contribution in [0.25, 0.3) is 0 Å². The van der Waals surface area contributed by atoms with Crippen LogP contribution in [0.2, 0.25) is 0 Å². The Kier molecular flexibility index (Phi) is 6.88. The van der Waals surface area contributed by atoms with E-state index in [1.54, 1.807) is 6.07 Å². The van der Waals surface area contributed by atoms with Crippen molar-refractivity contribution in [3.8, 4) is 5.75 Å². The van der Waals surface area contributed by atoms with Crippen molar-refractivity contribution in [3.05, 3.63) is 85.7 Å². The van der Waals surface area contributed by atoms with Crippen LogP contribution < -0.4 is 26.2 Å². The number of nitrogens with one attached hydrogen (secondary N) is 2. The Morgan fingerprint density at radius 2 is 1.70 bits per heavy atom. The maximum absolute atomic E-state index is 13.8. The van der Waals surface area contributed by atoms with Crippen molar-refractivity contribution >= 4 is 11.4 Å². The summed E-state index contributed by atoms with van der Waals surface area (Å²) in [5, 5.41) is 6.66. The molecule has 1 saturated carbocycles. The lowest BCUT2D eigenvalue weighted by molar-refractivity contribution is 0.257. The largest absolute Gasteiger partial charge is 0.491 e. The molecule has 2 unspecified atom stereocenters. The van der Waals surface area contributed by atoms with Crippen molar-refractivity contribution in [2.24, 2.45) is 5.92 Å². The number of hydrogen-bond acceptors (Lipinski definition) is 5. The second-order valence-corrected chi connectivity index (χ2v) is 8.75. The van der Waals surface area contributed by atoms with Gasteiger partial charge in [0.05, 0.1) is 7.11 Å². The lowest BCUT2D eigenvalue weighted by Gasteiger charge is -2.34. The molecule has 0 radical (unpaired) electrons. The zero-order valence-electron chi connectivity index (χ0n) is 18.8. The molecule has 0 spiro atoms. The van der Waals surface area contributed by atoms with E-state index in [0.29, 0.717) is 17.2 Å². The zero-order chi connectivity index (χ0) is 23.5. The van der Waals surface area contributed by atoms with Crippen LogP contribution in [0.4, 0.5) is 20.2 Å². The van der Waals surface area contributed by atoms with Gasteiger partial charge in [-0.15, -0.1) is 0 Å². The topological polar surface area (TPSA) is 67.4 Å². The molecule has 0 amide bonds. The standard InChI is InChI=1S/C26H28F2N2O3/c1-15(17-11-12-20(27)21(28)14-17)29-22(16-7-4-3-5-8-16)18-9-6-10-19(13-18)30-23-24(31)25(32)26(23)33-2/h6,9-16,22,29-30H,3-5,7-8H2,1-2H3. The van der Waals surface area contributed by atoms with Crippen LogP contribution in [0, 0.1) is 17.6 Å². The molecule has 3 aromatic carbocycles. The molecule has 0 aliphatic heterocycles. The highest BCUT2D eigenvalue weighted by atomic mass is 19.2. The van der Waals surface area contributed by atoms with Gasteiger partial charge in [0.15, 0.2) is 17.4 Å². The summed E-state index contributed by atoms with van der Waals surface area (Å²) >= 11 is 0. The van der Waals surface area contributed by atoms with Gasteiger partial charge in [0, 0.05) is 17.8 Å². The summed E-state index contributed by atoms with van der Waals surface area (Å²) in [7, 11) is 1.36. The predicted octanol–water partition coefficient (Wildman–Crippen LogP) is 5.29. The summed E-state index contributed by atoms with van der Waals surface area (Å²) in [6.07, 6.45) is 5.67. The third-order valence-electron chi connectivity index (χ3n) is 6.58. The third kappa shape index (κ3) is 4.83. The first-order valence-electron chi connectivity index (χ1n) is 11.3. The summed E-state index contributed by atoms with van der Waals surface area (Å²) in [6.45, 7) is 1.94. The van der Waals surface area contributed by atoms with Crippen LogP contribution in [0.1, 0.15) is 62.2 Å². The summed E-state index contributed by atoms with van der Waals surface area (Å²) in [5.74, 6) is -1.28. The van der Waals surface area contributed by atoms with Crippen LogP contribution in [-0.2, 0) is 0 Å². The third-order valence-corrected chi connectivity index (χ3v) is 6.58. The van der Waals surface area contributed by atoms with E-state index in [4.69, 9.17) is 4.74 Å². The van der Waals surface area contributed by atoms with E-state index >= 15 is 0 Å². The molecule has 0 bridgehead atoms.